The molecule has 1 fully saturated rings. The van der Waals surface area contributed by atoms with Crippen LogP contribution in [0.15, 0.2) is 24.3 Å². The molecule has 98 valence electrons. The summed E-state index contributed by atoms with van der Waals surface area (Å²) in [6, 6.07) is 8.04. The number of amides is 1. The van der Waals surface area contributed by atoms with Crippen LogP contribution in [0.1, 0.15) is 12.0 Å². The highest BCUT2D eigenvalue weighted by Crippen LogP contribution is 2.12. The Morgan fingerprint density at radius 2 is 2.17 bits per heavy atom. The maximum atomic E-state index is 11.9. The zero-order valence-corrected chi connectivity index (χ0v) is 11.0. The van der Waals surface area contributed by atoms with Crippen molar-refractivity contribution >= 4 is 5.91 Å². The predicted molar refractivity (Wildman–Crippen MR) is 70.7 cm³/mol. The summed E-state index contributed by atoms with van der Waals surface area (Å²) < 4.78 is 5.49. The zero-order chi connectivity index (χ0) is 13.0. The number of likely N-dealkylation sites (N-methyl/N-ethyl adjacent to an activating group) is 1. The first-order valence-corrected chi connectivity index (χ1v) is 6.32. The summed E-state index contributed by atoms with van der Waals surface area (Å²) in [4.78, 5) is 13.7. The summed E-state index contributed by atoms with van der Waals surface area (Å²) in [7, 11) is 1.85. The Bertz CT molecular complexity index is 397. The van der Waals surface area contributed by atoms with Crippen LogP contribution >= 0.6 is 0 Å². The molecule has 2 rings (SSSR count). The fraction of sp³-hybridized carbons (Fsp3) is 0.500. The van der Waals surface area contributed by atoms with Crippen molar-refractivity contribution in [1.29, 1.82) is 0 Å². The van der Waals surface area contributed by atoms with Crippen LogP contribution in [-0.4, -0.2) is 43.6 Å². The molecule has 4 heteroatoms. The minimum Gasteiger partial charge on any atom is -0.484 e. The molecule has 0 aliphatic carbocycles. The number of carbonyl (C=O) groups is 1. The molecule has 0 saturated carbocycles. The normalized spacial score (nSPS) is 18.7. The van der Waals surface area contributed by atoms with E-state index in [0.29, 0.717) is 6.04 Å². The fourth-order valence-corrected chi connectivity index (χ4v) is 2.06. The molecule has 0 spiro atoms. The first-order chi connectivity index (χ1) is 8.66. The average Bonchev–Trinajstić information content (AvgIpc) is 2.90. The van der Waals surface area contributed by atoms with Crippen LogP contribution in [0.25, 0.3) is 0 Å². The molecule has 1 N–H and O–H groups in total. The summed E-state index contributed by atoms with van der Waals surface area (Å²) in [5, 5.41) is 3.25. The number of carbonyl (C=O) groups excluding carboxylic acids is 1. The molecule has 1 aliphatic heterocycles. The van der Waals surface area contributed by atoms with Crippen molar-refractivity contribution in [3.63, 3.8) is 0 Å². The molecule has 1 saturated heterocycles. The number of hydrogen-bond donors (Lipinski definition) is 1. The molecule has 1 unspecified atom stereocenters. The van der Waals surface area contributed by atoms with Gasteiger partial charge in [0.05, 0.1) is 0 Å². The number of rotatable bonds is 4. The minimum atomic E-state index is 0.0317. The van der Waals surface area contributed by atoms with Gasteiger partial charge in [-0.25, -0.2) is 0 Å². The van der Waals surface area contributed by atoms with Crippen LogP contribution in [0.4, 0.5) is 0 Å². The highest BCUT2D eigenvalue weighted by atomic mass is 16.5. The summed E-state index contributed by atoms with van der Waals surface area (Å²) in [6.07, 6.45) is 1.02. The molecule has 0 bridgehead atoms. The van der Waals surface area contributed by atoms with E-state index in [0.717, 1.165) is 25.3 Å². The molecule has 0 radical (unpaired) electrons. The SMILES string of the molecule is Cc1ccc(OCC(=O)N(C)C2CCNC2)cc1. The van der Waals surface area contributed by atoms with Crippen molar-refractivity contribution in [2.24, 2.45) is 0 Å². The molecule has 1 aromatic rings. The maximum Gasteiger partial charge on any atom is 0.260 e. The van der Waals surface area contributed by atoms with Crippen molar-refractivity contribution in [3.05, 3.63) is 29.8 Å². The second-order valence-corrected chi connectivity index (χ2v) is 4.75. The molecular weight excluding hydrogens is 228 g/mol. The largest absolute Gasteiger partial charge is 0.484 e. The summed E-state index contributed by atoms with van der Waals surface area (Å²) in [5.74, 6) is 0.774. The number of aryl methyl sites for hydroxylation is 1. The summed E-state index contributed by atoms with van der Waals surface area (Å²) >= 11 is 0. The number of hydrogen-bond acceptors (Lipinski definition) is 3. The van der Waals surface area contributed by atoms with Gasteiger partial charge >= 0.3 is 0 Å². The van der Waals surface area contributed by atoms with E-state index in [2.05, 4.69) is 5.32 Å². The van der Waals surface area contributed by atoms with Gasteiger partial charge in [0, 0.05) is 19.6 Å². The summed E-state index contributed by atoms with van der Waals surface area (Å²) in [5.41, 5.74) is 1.18. The number of nitrogens with zero attached hydrogens (tertiary/aromatic N) is 1. The second kappa shape index (κ2) is 5.87. The van der Waals surface area contributed by atoms with Crippen LogP contribution < -0.4 is 10.1 Å². The average molecular weight is 248 g/mol. The number of ether oxygens (including phenoxy) is 1. The molecule has 1 amide bonds. The van der Waals surface area contributed by atoms with Gasteiger partial charge in [0.1, 0.15) is 5.75 Å². The summed E-state index contributed by atoms with van der Waals surface area (Å²) in [6.45, 7) is 4.00. The van der Waals surface area contributed by atoms with Crippen LogP contribution in [0.5, 0.6) is 5.75 Å². The number of nitrogens with one attached hydrogen (secondary N) is 1. The van der Waals surface area contributed by atoms with E-state index in [-0.39, 0.29) is 12.5 Å². The Labute approximate surface area is 108 Å². The van der Waals surface area contributed by atoms with Gasteiger partial charge in [-0.05, 0) is 32.0 Å². The molecule has 1 aromatic carbocycles. The second-order valence-electron chi connectivity index (χ2n) is 4.75. The highest BCUT2D eigenvalue weighted by Gasteiger charge is 2.23. The smallest absolute Gasteiger partial charge is 0.260 e. The van der Waals surface area contributed by atoms with E-state index in [1.54, 1.807) is 4.90 Å². The molecule has 0 aromatic heterocycles. The lowest BCUT2D eigenvalue weighted by Crippen LogP contribution is -2.40. The quantitative estimate of drug-likeness (QED) is 0.870. The topological polar surface area (TPSA) is 41.6 Å². The number of benzene rings is 1. The van der Waals surface area contributed by atoms with Crippen molar-refractivity contribution in [2.75, 3.05) is 26.7 Å². The minimum absolute atomic E-state index is 0.0317. The van der Waals surface area contributed by atoms with Gasteiger partial charge < -0.3 is 15.0 Å². The van der Waals surface area contributed by atoms with Gasteiger partial charge in [-0.15, -0.1) is 0 Å². The Morgan fingerprint density at radius 3 is 2.78 bits per heavy atom. The van der Waals surface area contributed by atoms with Crippen LogP contribution in [0.3, 0.4) is 0 Å². The first-order valence-electron chi connectivity index (χ1n) is 6.32. The van der Waals surface area contributed by atoms with E-state index in [4.69, 9.17) is 4.74 Å². The third kappa shape index (κ3) is 3.23. The van der Waals surface area contributed by atoms with Crippen molar-refractivity contribution in [1.82, 2.24) is 10.2 Å². The Morgan fingerprint density at radius 1 is 1.44 bits per heavy atom. The van der Waals surface area contributed by atoms with Crippen molar-refractivity contribution in [3.8, 4) is 5.75 Å². The molecule has 1 heterocycles. The third-order valence-corrected chi connectivity index (χ3v) is 3.36. The Balaban J connectivity index is 1.82. The standard InChI is InChI=1S/C14H20N2O2/c1-11-3-5-13(6-4-11)18-10-14(17)16(2)12-7-8-15-9-12/h3-6,12,15H,7-10H2,1-2H3. The predicted octanol–water partition coefficient (Wildman–Crippen LogP) is 1.19. The van der Waals surface area contributed by atoms with Gasteiger partial charge in [-0.2, -0.15) is 0 Å². The molecule has 1 atom stereocenters. The fourth-order valence-electron chi connectivity index (χ4n) is 2.06. The monoisotopic (exact) mass is 248 g/mol. The molecule has 18 heavy (non-hydrogen) atoms. The highest BCUT2D eigenvalue weighted by molar-refractivity contribution is 5.77. The van der Waals surface area contributed by atoms with E-state index in [9.17, 15) is 4.79 Å². The van der Waals surface area contributed by atoms with Gasteiger partial charge in [-0.1, -0.05) is 17.7 Å². The molecule has 1 aliphatic rings. The van der Waals surface area contributed by atoms with Crippen LogP contribution in [-0.2, 0) is 4.79 Å². The van der Waals surface area contributed by atoms with Crippen molar-refractivity contribution in [2.45, 2.75) is 19.4 Å². The Hall–Kier alpha value is -1.55. The van der Waals surface area contributed by atoms with Gasteiger partial charge in [-0.3, -0.25) is 4.79 Å². The lowest BCUT2D eigenvalue weighted by molar-refractivity contribution is -0.133. The molecule has 4 nitrogen and oxygen atoms in total. The van der Waals surface area contributed by atoms with Gasteiger partial charge in [0.25, 0.3) is 5.91 Å². The zero-order valence-electron chi connectivity index (χ0n) is 11.0. The van der Waals surface area contributed by atoms with E-state index in [1.807, 2.05) is 38.2 Å². The maximum absolute atomic E-state index is 11.9. The van der Waals surface area contributed by atoms with E-state index in [1.165, 1.54) is 5.56 Å². The molecular formula is C14H20N2O2. The lowest BCUT2D eigenvalue weighted by atomic mass is 10.2. The lowest BCUT2D eigenvalue weighted by Gasteiger charge is -2.23. The van der Waals surface area contributed by atoms with E-state index < -0.39 is 0 Å². The Kier molecular flexibility index (Phi) is 4.20. The van der Waals surface area contributed by atoms with E-state index >= 15 is 0 Å². The van der Waals surface area contributed by atoms with Crippen LogP contribution in [0, 0.1) is 6.92 Å². The van der Waals surface area contributed by atoms with Crippen molar-refractivity contribution < 1.29 is 9.53 Å². The first kappa shape index (κ1) is 12.9. The van der Waals surface area contributed by atoms with Gasteiger partial charge in [0.15, 0.2) is 6.61 Å². The van der Waals surface area contributed by atoms with Crippen LogP contribution in [0.2, 0.25) is 0 Å². The third-order valence-electron chi connectivity index (χ3n) is 3.36. The van der Waals surface area contributed by atoms with Gasteiger partial charge in [0.2, 0.25) is 0 Å².